The van der Waals surface area contributed by atoms with Crippen molar-refractivity contribution in [3.63, 3.8) is 0 Å². The summed E-state index contributed by atoms with van der Waals surface area (Å²) in [5.74, 6) is 1.07. The number of nitrogens with one attached hydrogen (secondary N) is 1. The van der Waals surface area contributed by atoms with Gasteiger partial charge in [-0.1, -0.05) is 26.2 Å². The Bertz CT molecular complexity index is 505. The SMILES string of the molecule is CC1CCCCCC1NC(=O)COc1ccc(C#N)cc1. The molecule has 4 nitrogen and oxygen atoms in total. The minimum absolute atomic E-state index is 0.0229. The molecule has 2 unspecified atom stereocenters. The minimum atomic E-state index is -0.0712. The third-order valence-corrected chi connectivity index (χ3v) is 4.06. The molecule has 0 aromatic heterocycles. The van der Waals surface area contributed by atoms with Crippen LogP contribution >= 0.6 is 0 Å². The normalized spacial score (nSPS) is 21.9. The predicted molar refractivity (Wildman–Crippen MR) is 80.8 cm³/mol. The van der Waals surface area contributed by atoms with Gasteiger partial charge in [-0.25, -0.2) is 0 Å². The van der Waals surface area contributed by atoms with E-state index < -0.39 is 0 Å². The zero-order valence-electron chi connectivity index (χ0n) is 12.5. The summed E-state index contributed by atoms with van der Waals surface area (Å²) >= 11 is 0. The molecule has 0 radical (unpaired) electrons. The van der Waals surface area contributed by atoms with Crippen molar-refractivity contribution in [1.29, 1.82) is 5.26 Å². The number of benzene rings is 1. The molecule has 21 heavy (non-hydrogen) atoms. The van der Waals surface area contributed by atoms with Crippen molar-refractivity contribution in [1.82, 2.24) is 5.32 Å². The number of carbonyl (C=O) groups excluding carboxylic acids is 1. The van der Waals surface area contributed by atoms with E-state index in [0.29, 0.717) is 17.2 Å². The number of carbonyl (C=O) groups is 1. The van der Waals surface area contributed by atoms with Crippen molar-refractivity contribution >= 4 is 5.91 Å². The molecular formula is C17H22N2O2. The maximum atomic E-state index is 12.0. The fourth-order valence-electron chi connectivity index (χ4n) is 2.73. The van der Waals surface area contributed by atoms with E-state index in [1.807, 2.05) is 6.07 Å². The van der Waals surface area contributed by atoms with E-state index in [9.17, 15) is 4.79 Å². The van der Waals surface area contributed by atoms with Crippen LogP contribution in [0, 0.1) is 17.2 Å². The number of amides is 1. The summed E-state index contributed by atoms with van der Waals surface area (Å²) in [6, 6.07) is 9.10. The van der Waals surface area contributed by atoms with Crippen LogP contribution in [0.5, 0.6) is 5.75 Å². The number of ether oxygens (including phenoxy) is 1. The summed E-state index contributed by atoms with van der Waals surface area (Å²) < 4.78 is 5.45. The highest BCUT2D eigenvalue weighted by Crippen LogP contribution is 2.22. The fourth-order valence-corrected chi connectivity index (χ4v) is 2.73. The van der Waals surface area contributed by atoms with Crippen LogP contribution in [-0.2, 0) is 4.79 Å². The Morgan fingerprint density at radius 2 is 2.00 bits per heavy atom. The number of rotatable bonds is 4. The highest BCUT2D eigenvalue weighted by atomic mass is 16.5. The molecule has 2 rings (SSSR count). The van der Waals surface area contributed by atoms with Gasteiger partial charge in [-0.3, -0.25) is 4.79 Å². The number of nitriles is 1. The second-order valence-corrected chi connectivity index (χ2v) is 5.71. The molecule has 112 valence electrons. The first kappa shape index (κ1) is 15.4. The molecule has 1 saturated carbocycles. The molecule has 1 aliphatic rings. The van der Waals surface area contributed by atoms with Crippen molar-refractivity contribution in [2.75, 3.05) is 6.61 Å². The topological polar surface area (TPSA) is 62.1 Å². The average molecular weight is 286 g/mol. The second-order valence-electron chi connectivity index (χ2n) is 5.71. The first-order valence-electron chi connectivity index (χ1n) is 7.61. The zero-order valence-corrected chi connectivity index (χ0v) is 12.5. The molecule has 0 aliphatic heterocycles. The quantitative estimate of drug-likeness (QED) is 0.865. The molecule has 1 fully saturated rings. The molecule has 1 N–H and O–H groups in total. The van der Waals surface area contributed by atoms with Crippen molar-refractivity contribution < 1.29 is 9.53 Å². The van der Waals surface area contributed by atoms with Crippen molar-refractivity contribution in [3.8, 4) is 11.8 Å². The van der Waals surface area contributed by atoms with Gasteiger partial charge in [-0.2, -0.15) is 5.26 Å². The van der Waals surface area contributed by atoms with E-state index in [2.05, 4.69) is 12.2 Å². The van der Waals surface area contributed by atoms with Gasteiger partial charge in [0.2, 0.25) is 0 Å². The second kappa shape index (κ2) is 7.68. The molecule has 1 aromatic rings. The lowest BCUT2D eigenvalue weighted by molar-refractivity contribution is -0.124. The number of hydrogen-bond donors (Lipinski definition) is 1. The van der Waals surface area contributed by atoms with Crippen LogP contribution in [0.3, 0.4) is 0 Å². The molecule has 0 spiro atoms. The molecule has 0 saturated heterocycles. The fraction of sp³-hybridized carbons (Fsp3) is 0.529. The minimum Gasteiger partial charge on any atom is -0.484 e. The first-order chi connectivity index (χ1) is 10.2. The molecule has 1 aromatic carbocycles. The van der Waals surface area contributed by atoms with Gasteiger partial charge in [0.05, 0.1) is 11.6 Å². The first-order valence-corrected chi connectivity index (χ1v) is 7.61. The highest BCUT2D eigenvalue weighted by molar-refractivity contribution is 5.77. The highest BCUT2D eigenvalue weighted by Gasteiger charge is 2.21. The van der Waals surface area contributed by atoms with Gasteiger partial charge < -0.3 is 10.1 Å². The molecule has 2 atom stereocenters. The van der Waals surface area contributed by atoms with Crippen molar-refractivity contribution in [2.24, 2.45) is 5.92 Å². The standard InChI is InChI=1S/C17H22N2O2/c1-13-5-3-2-4-6-16(13)19-17(20)12-21-15-9-7-14(11-18)8-10-15/h7-10,13,16H,2-6,12H2,1H3,(H,19,20). The van der Waals surface area contributed by atoms with E-state index >= 15 is 0 Å². The van der Waals surface area contributed by atoms with Crippen molar-refractivity contribution in [3.05, 3.63) is 29.8 Å². The summed E-state index contributed by atoms with van der Waals surface area (Å²) in [4.78, 5) is 12.0. The molecule has 4 heteroatoms. The Morgan fingerprint density at radius 1 is 1.29 bits per heavy atom. The van der Waals surface area contributed by atoms with Gasteiger partial charge in [0.25, 0.3) is 5.91 Å². The third-order valence-electron chi connectivity index (χ3n) is 4.06. The summed E-state index contributed by atoms with van der Waals surface area (Å²) in [6.07, 6.45) is 5.95. The lowest BCUT2D eigenvalue weighted by atomic mass is 9.97. The Morgan fingerprint density at radius 3 is 2.71 bits per heavy atom. The predicted octanol–water partition coefficient (Wildman–Crippen LogP) is 3.02. The van der Waals surface area contributed by atoms with E-state index in [1.54, 1.807) is 24.3 Å². The molecule has 1 amide bonds. The largest absolute Gasteiger partial charge is 0.484 e. The summed E-state index contributed by atoms with van der Waals surface area (Å²) in [5.41, 5.74) is 0.582. The van der Waals surface area contributed by atoms with Crippen LogP contribution in [0.4, 0.5) is 0 Å². The smallest absolute Gasteiger partial charge is 0.258 e. The van der Waals surface area contributed by atoms with Gasteiger partial charge in [-0.15, -0.1) is 0 Å². The Kier molecular flexibility index (Phi) is 5.62. The monoisotopic (exact) mass is 286 g/mol. The van der Waals surface area contributed by atoms with Gasteiger partial charge in [0.1, 0.15) is 5.75 Å². The lowest BCUT2D eigenvalue weighted by Crippen LogP contribution is -2.41. The average Bonchev–Trinajstić information content (AvgIpc) is 2.71. The van der Waals surface area contributed by atoms with E-state index in [0.717, 1.165) is 6.42 Å². The van der Waals surface area contributed by atoms with E-state index in [-0.39, 0.29) is 18.6 Å². The third kappa shape index (κ3) is 4.78. The molecule has 1 aliphatic carbocycles. The number of nitrogens with zero attached hydrogens (tertiary/aromatic N) is 1. The van der Waals surface area contributed by atoms with Crippen LogP contribution < -0.4 is 10.1 Å². The molecular weight excluding hydrogens is 264 g/mol. The van der Waals surface area contributed by atoms with Gasteiger partial charge in [-0.05, 0) is 43.0 Å². The maximum absolute atomic E-state index is 12.0. The van der Waals surface area contributed by atoms with Crippen LogP contribution in [0.15, 0.2) is 24.3 Å². The van der Waals surface area contributed by atoms with Crippen LogP contribution in [0.2, 0.25) is 0 Å². The number of hydrogen-bond acceptors (Lipinski definition) is 3. The maximum Gasteiger partial charge on any atom is 0.258 e. The molecule has 0 bridgehead atoms. The van der Waals surface area contributed by atoms with Crippen LogP contribution in [0.1, 0.15) is 44.6 Å². The Labute approximate surface area is 126 Å². The lowest BCUT2D eigenvalue weighted by Gasteiger charge is -2.22. The van der Waals surface area contributed by atoms with E-state index in [4.69, 9.17) is 10.00 Å². The van der Waals surface area contributed by atoms with Gasteiger partial charge in [0, 0.05) is 6.04 Å². The Balaban J connectivity index is 1.79. The van der Waals surface area contributed by atoms with Gasteiger partial charge >= 0.3 is 0 Å². The van der Waals surface area contributed by atoms with Crippen LogP contribution in [-0.4, -0.2) is 18.6 Å². The van der Waals surface area contributed by atoms with Crippen molar-refractivity contribution in [2.45, 2.75) is 45.1 Å². The summed E-state index contributed by atoms with van der Waals surface area (Å²) in [7, 11) is 0. The summed E-state index contributed by atoms with van der Waals surface area (Å²) in [5, 5.41) is 11.8. The summed E-state index contributed by atoms with van der Waals surface area (Å²) in [6.45, 7) is 2.23. The van der Waals surface area contributed by atoms with Crippen LogP contribution in [0.25, 0.3) is 0 Å². The Hall–Kier alpha value is -2.02. The molecule has 0 heterocycles. The van der Waals surface area contributed by atoms with Gasteiger partial charge in [0.15, 0.2) is 6.61 Å². The zero-order chi connectivity index (χ0) is 15.1. The van der Waals surface area contributed by atoms with E-state index in [1.165, 1.54) is 25.7 Å².